The van der Waals surface area contributed by atoms with E-state index in [9.17, 15) is 4.79 Å². The molecule has 0 aliphatic rings. The van der Waals surface area contributed by atoms with Gasteiger partial charge in [-0.3, -0.25) is 4.79 Å². The molecular weight excluding hydrogens is 318 g/mol. The molecule has 0 saturated carbocycles. The maximum Gasteiger partial charge on any atom is 0.230 e. The van der Waals surface area contributed by atoms with Gasteiger partial charge in [-0.15, -0.1) is 11.3 Å². The number of nitrogens with zero attached hydrogens (tertiary/aromatic N) is 2. The zero-order valence-corrected chi connectivity index (χ0v) is 16.0. The van der Waals surface area contributed by atoms with Crippen LogP contribution in [0.1, 0.15) is 37.0 Å². The van der Waals surface area contributed by atoms with Gasteiger partial charge in [0.1, 0.15) is 0 Å². The van der Waals surface area contributed by atoms with Crippen molar-refractivity contribution in [2.24, 2.45) is 0 Å². The Bertz CT molecular complexity index is 669. The van der Waals surface area contributed by atoms with Crippen molar-refractivity contribution in [2.45, 2.75) is 39.0 Å². The quantitative estimate of drug-likeness (QED) is 0.868. The molecule has 0 aliphatic carbocycles. The summed E-state index contributed by atoms with van der Waals surface area (Å²) < 4.78 is 0. The van der Waals surface area contributed by atoms with Crippen molar-refractivity contribution in [3.8, 4) is 0 Å². The number of hydrogen-bond acceptors (Lipinski definition) is 4. The number of aromatic nitrogens is 1. The molecule has 1 aromatic heterocycles. The Hall–Kier alpha value is -1.72. The van der Waals surface area contributed by atoms with Crippen LogP contribution in [0.2, 0.25) is 0 Å². The zero-order valence-electron chi connectivity index (χ0n) is 15.2. The zero-order chi connectivity index (χ0) is 17.7. The van der Waals surface area contributed by atoms with Gasteiger partial charge in [0.2, 0.25) is 5.91 Å². The Morgan fingerprint density at radius 2 is 1.88 bits per heavy atom. The van der Waals surface area contributed by atoms with Crippen LogP contribution in [0.25, 0.3) is 0 Å². The van der Waals surface area contributed by atoms with Crippen LogP contribution in [0.15, 0.2) is 29.6 Å². The lowest BCUT2D eigenvalue weighted by molar-refractivity contribution is -0.115. The SMILES string of the molecule is CN(C)CCc1ccc(NC(=O)Cc2csc(C(C)(C)C)n2)cc1. The summed E-state index contributed by atoms with van der Waals surface area (Å²) in [6, 6.07) is 8.06. The Morgan fingerprint density at radius 3 is 2.42 bits per heavy atom. The molecular formula is C19H27N3OS. The third-order valence-electron chi connectivity index (χ3n) is 3.62. The fourth-order valence-electron chi connectivity index (χ4n) is 2.21. The molecule has 0 saturated heterocycles. The van der Waals surface area contributed by atoms with Crippen molar-refractivity contribution in [1.82, 2.24) is 9.88 Å². The fourth-order valence-corrected chi connectivity index (χ4v) is 3.12. The molecule has 1 heterocycles. The molecule has 4 nitrogen and oxygen atoms in total. The number of thiazole rings is 1. The van der Waals surface area contributed by atoms with Crippen LogP contribution in [-0.4, -0.2) is 36.4 Å². The lowest BCUT2D eigenvalue weighted by Gasteiger charge is -2.13. The third-order valence-corrected chi connectivity index (χ3v) is 4.94. The molecule has 0 unspecified atom stereocenters. The van der Waals surface area contributed by atoms with E-state index in [-0.39, 0.29) is 11.3 Å². The van der Waals surface area contributed by atoms with E-state index >= 15 is 0 Å². The number of benzene rings is 1. The maximum atomic E-state index is 12.2. The van der Waals surface area contributed by atoms with Crippen LogP contribution in [0.3, 0.4) is 0 Å². The van der Waals surface area contributed by atoms with Crippen molar-refractivity contribution in [1.29, 1.82) is 0 Å². The van der Waals surface area contributed by atoms with E-state index in [1.165, 1.54) is 5.56 Å². The molecule has 0 radical (unpaired) electrons. The van der Waals surface area contributed by atoms with Gasteiger partial charge in [0.15, 0.2) is 0 Å². The predicted molar refractivity (Wildman–Crippen MR) is 102 cm³/mol. The molecule has 0 bridgehead atoms. The molecule has 1 amide bonds. The Morgan fingerprint density at radius 1 is 1.21 bits per heavy atom. The van der Waals surface area contributed by atoms with Crippen molar-refractivity contribution in [3.05, 3.63) is 45.9 Å². The van der Waals surface area contributed by atoms with Gasteiger partial charge >= 0.3 is 0 Å². The monoisotopic (exact) mass is 345 g/mol. The summed E-state index contributed by atoms with van der Waals surface area (Å²) in [5.41, 5.74) is 2.97. The topological polar surface area (TPSA) is 45.2 Å². The average Bonchev–Trinajstić information content (AvgIpc) is 2.95. The maximum absolute atomic E-state index is 12.2. The van der Waals surface area contributed by atoms with Gasteiger partial charge in [-0.1, -0.05) is 32.9 Å². The first-order valence-corrected chi connectivity index (χ1v) is 9.10. The van der Waals surface area contributed by atoms with Gasteiger partial charge in [0.05, 0.1) is 17.1 Å². The number of rotatable bonds is 6. The summed E-state index contributed by atoms with van der Waals surface area (Å²) in [6.45, 7) is 7.42. The van der Waals surface area contributed by atoms with E-state index in [1.54, 1.807) is 11.3 Å². The Balaban J connectivity index is 1.89. The summed E-state index contributed by atoms with van der Waals surface area (Å²) in [4.78, 5) is 18.9. The summed E-state index contributed by atoms with van der Waals surface area (Å²) in [6.07, 6.45) is 1.32. The second kappa shape index (κ2) is 7.90. The normalized spacial score (nSPS) is 11.8. The highest BCUT2D eigenvalue weighted by molar-refractivity contribution is 7.09. The minimum atomic E-state index is -0.0261. The number of nitrogens with one attached hydrogen (secondary N) is 1. The predicted octanol–water partition coefficient (Wildman–Crippen LogP) is 3.73. The lowest BCUT2D eigenvalue weighted by Crippen LogP contribution is -2.16. The molecule has 2 aromatic rings. The number of anilines is 1. The third kappa shape index (κ3) is 5.73. The average molecular weight is 346 g/mol. The summed E-state index contributed by atoms with van der Waals surface area (Å²) in [5.74, 6) is -0.0261. The number of amides is 1. The molecule has 5 heteroatoms. The van der Waals surface area contributed by atoms with Gasteiger partial charge in [0.25, 0.3) is 0 Å². The van der Waals surface area contributed by atoms with Crippen molar-refractivity contribution >= 4 is 22.9 Å². The van der Waals surface area contributed by atoms with E-state index in [0.29, 0.717) is 6.42 Å². The minimum Gasteiger partial charge on any atom is -0.326 e. The van der Waals surface area contributed by atoms with E-state index < -0.39 is 0 Å². The first kappa shape index (κ1) is 18.6. The largest absolute Gasteiger partial charge is 0.326 e. The molecule has 2 rings (SSSR count). The molecule has 1 N–H and O–H groups in total. The smallest absolute Gasteiger partial charge is 0.230 e. The molecule has 0 atom stereocenters. The van der Waals surface area contributed by atoms with Gasteiger partial charge in [-0.05, 0) is 38.2 Å². The number of hydrogen-bond donors (Lipinski definition) is 1. The molecule has 0 spiro atoms. The van der Waals surface area contributed by atoms with E-state index in [4.69, 9.17) is 0 Å². The summed E-state index contributed by atoms with van der Waals surface area (Å²) in [7, 11) is 4.14. The van der Waals surface area contributed by atoms with E-state index in [1.807, 2.05) is 17.5 Å². The second-order valence-electron chi connectivity index (χ2n) is 7.37. The minimum absolute atomic E-state index is 0.0261. The van der Waals surface area contributed by atoms with Crippen LogP contribution in [0.5, 0.6) is 0 Å². The summed E-state index contributed by atoms with van der Waals surface area (Å²) >= 11 is 1.62. The van der Waals surface area contributed by atoms with Crippen molar-refractivity contribution in [3.63, 3.8) is 0 Å². The molecule has 24 heavy (non-hydrogen) atoms. The number of carbonyl (C=O) groups excluding carboxylic acids is 1. The second-order valence-corrected chi connectivity index (χ2v) is 8.23. The van der Waals surface area contributed by atoms with E-state index in [2.05, 4.69) is 62.2 Å². The van der Waals surface area contributed by atoms with Crippen LogP contribution >= 0.6 is 11.3 Å². The van der Waals surface area contributed by atoms with Crippen LogP contribution in [0, 0.1) is 0 Å². The van der Waals surface area contributed by atoms with Gasteiger partial charge < -0.3 is 10.2 Å². The van der Waals surface area contributed by atoms with Crippen LogP contribution in [0.4, 0.5) is 5.69 Å². The highest BCUT2D eigenvalue weighted by atomic mass is 32.1. The van der Waals surface area contributed by atoms with Crippen molar-refractivity contribution < 1.29 is 4.79 Å². The molecule has 130 valence electrons. The fraction of sp³-hybridized carbons (Fsp3) is 0.474. The highest BCUT2D eigenvalue weighted by Crippen LogP contribution is 2.25. The molecule has 1 aromatic carbocycles. The summed E-state index contributed by atoms with van der Waals surface area (Å²) in [5, 5.41) is 5.99. The van der Waals surface area contributed by atoms with Crippen molar-refractivity contribution in [2.75, 3.05) is 26.0 Å². The van der Waals surface area contributed by atoms with Gasteiger partial charge in [0, 0.05) is 23.0 Å². The van der Waals surface area contributed by atoms with Gasteiger partial charge in [-0.2, -0.15) is 0 Å². The Kier molecular flexibility index (Phi) is 6.13. The van der Waals surface area contributed by atoms with E-state index in [0.717, 1.165) is 29.4 Å². The molecule has 0 fully saturated rings. The molecule has 0 aliphatic heterocycles. The first-order valence-electron chi connectivity index (χ1n) is 8.22. The number of carbonyl (C=O) groups is 1. The Labute approximate surface area is 148 Å². The van der Waals surface area contributed by atoms with Crippen LogP contribution < -0.4 is 5.32 Å². The highest BCUT2D eigenvalue weighted by Gasteiger charge is 2.18. The number of likely N-dealkylation sites (N-methyl/N-ethyl adjacent to an activating group) is 1. The van der Waals surface area contributed by atoms with Gasteiger partial charge in [-0.25, -0.2) is 4.98 Å². The first-order chi connectivity index (χ1) is 11.2. The lowest BCUT2D eigenvalue weighted by atomic mass is 9.98. The van der Waals surface area contributed by atoms with Crippen LogP contribution in [-0.2, 0) is 23.1 Å². The standard InChI is InChI=1S/C19H27N3OS/c1-19(2,3)18-21-16(13-24-18)12-17(23)20-15-8-6-14(7-9-15)10-11-22(4)5/h6-9,13H,10-12H2,1-5H3,(H,20,23).